The van der Waals surface area contributed by atoms with Crippen LogP contribution >= 0.6 is 11.6 Å². The summed E-state index contributed by atoms with van der Waals surface area (Å²) < 4.78 is 1.68. The summed E-state index contributed by atoms with van der Waals surface area (Å²) in [7, 11) is 1.80. The van der Waals surface area contributed by atoms with Gasteiger partial charge in [0.1, 0.15) is 0 Å². The van der Waals surface area contributed by atoms with Crippen molar-refractivity contribution in [1.29, 1.82) is 0 Å². The molecule has 0 aliphatic rings. The van der Waals surface area contributed by atoms with Gasteiger partial charge in [-0.05, 0) is 4.98 Å². The smallest absolute Gasteiger partial charge is 0.363 e. The number of nitrogen functional groups attached to an aromatic ring is 1. The molecule has 0 unspecified atom stereocenters. The molecule has 9 heavy (non-hydrogen) atoms. The standard InChI is InChI=1S/C5H6ClN3/c1-9-3-2-4(7)8-5(9)6/h2-3,7H,1H3/p+1. The van der Waals surface area contributed by atoms with Crippen molar-refractivity contribution in [2.45, 2.75) is 0 Å². The second-order valence-electron chi connectivity index (χ2n) is 1.73. The van der Waals surface area contributed by atoms with Crippen LogP contribution in [0.15, 0.2) is 12.3 Å². The van der Waals surface area contributed by atoms with Gasteiger partial charge in [-0.2, -0.15) is 0 Å². The third kappa shape index (κ3) is 1.29. The number of hydrogen-bond donors (Lipinski definition) is 1. The lowest BCUT2D eigenvalue weighted by Gasteiger charge is -1.87. The zero-order valence-corrected chi connectivity index (χ0v) is 5.76. The van der Waals surface area contributed by atoms with E-state index in [1.165, 1.54) is 0 Å². The minimum Gasteiger partial charge on any atom is -0.363 e. The number of nitrogens with zero attached hydrogens (tertiary/aromatic N) is 2. The summed E-state index contributed by atoms with van der Waals surface area (Å²) >= 11 is 5.59. The maximum Gasteiger partial charge on any atom is 0.397 e. The van der Waals surface area contributed by atoms with Crippen LogP contribution in [0.1, 0.15) is 0 Å². The van der Waals surface area contributed by atoms with E-state index in [0.717, 1.165) is 0 Å². The number of hydrogen-bond acceptors (Lipinski definition) is 2. The van der Waals surface area contributed by atoms with E-state index in [4.69, 9.17) is 17.3 Å². The predicted molar refractivity (Wildman–Crippen MR) is 34.8 cm³/mol. The number of aryl methyl sites for hydroxylation is 1. The van der Waals surface area contributed by atoms with Crippen molar-refractivity contribution in [2.24, 2.45) is 7.05 Å². The lowest BCUT2D eigenvalue weighted by atomic mass is 10.6. The molecule has 0 radical (unpaired) electrons. The monoisotopic (exact) mass is 144 g/mol. The number of aromatic nitrogens is 2. The lowest BCUT2D eigenvalue weighted by Crippen LogP contribution is -2.29. The molecule has 1 aromatic heterocycles. The largest absolute Gasteiger partial charge is 0.397 e. The molecule has 0 bridgehead atoms. The fourth-order valence-electron chi connectivity index (χ4n) is 0.472. The summed E-state index contributed by atoms with van der Waals surface area (Å²) in [5, 5.41) is 0.398. The van der Waals surface area contributed by atoms with Gasteiger partial charge >= 0.3 is 5.28 Å². The van der Waals surface area contributed by atoms with E-state index < -0.39 is 0 Å². The third-order valence-electron chi connectivity index (χ3n) is 0.981. The number of halogens is 1. The Bertz CT molecular complexity index is 223. The molecule has 0 aromatic carbocycles. The molecule has 3 nitrogen and oxygen atoms in total. The summed E-state index contributed by atoms with van der Waals surface area (Å²) in [5.74, 6) is 0.443. The molecule has 0 saturated carbocycles. The summed E-state index contributed by atoms with van der Waals surface area (Å²) in [6.45, 7) is 0. The number of anilines is 1. The van der Waals surface area contributed by atoms with Crippen molar-refractivity contribution in [1.82, 2.24) is 4.98 Å². The fourth-order valence-corrected chi connectivity index (χ4v) is 0.626. The number of rotatable bonds is 0. The first-order valence-electron chi connectivity index (χ1n) is 2.48. The molecule has 1 heterocycles. The van der Waals surface area contributed by atoms with Gasteiger partial charge in [0, 0.05) is 17.7 Å². The Morgan fingerprint density at radius 2 is 2.44 bits per heavy atom. The Hall–Kier alpha value is -0.830. The Morgan fingerprint density at radius 1 is 1.78 bits per heavy atom. The van der Waals surface area contributed by atoms with Crippen LogP contribution in [0.4, 0.5) is 5.82 Å². The Balaban J connectivity index is 3.17. The minimum atomic E-state index is 0.398. The van der Waals surface area contributed by atoms with Crippen molar-refractivity contribution in [3.05, 3.63) is 17.5 Å². The van der Waals surface area contributed by atoms with Crippen LogP contribution < -0.4 is 10.3 Å². The maximum atomic E-state index is 5.59. The summed E-state index contributed by atoms with van der Waals surface area (Å²) in [6, 6.07) is 1.69. The van der Waals surface area contributed by atoms with Crippen molar-refractivity contribution in [3.8, 4) is 0 Å². The van der Waals surface area contributed by atoms with Crippen molar-refractivity contribution in [2.75, 3.05) is 5.73 Å². The predicted octanol–water partition coefficient (Wildman–Crippen LogP) is 0.142. The highest BCUT2D eigenvalue weighted by atomic mass is 35.5. The van der Waals surface area contributed by atoms with Crippen LogP contribution in [0, 0.1) is 0 Å². The fraction of sp³-hybridized carbons (Fsp3) is 0.200. The topological polar surface area (TPSA) is 42.8 Å². The van der Waals surface area contributed by atoms with E-state index in [-0.39, 0.29) is 0 Å². The van der Waals surface area contributed by atoms with Crippen molar-refractivity contribution < 1.29 is 4.57 Å². The molecule has 2 N–H and O–H groups in total. The Morgan fingerprint density at radius 3 is 2.89 bits per heavy atom. The van der Waals surface area contributed by atoms with Gasteiger partial charge in [-0.25, -0.2) is 4.57 Å². The lowest BCUT2D eigenvalue weighted by molar-refractivity contribution is -0.672. The maximum absolute atomic E-state index is 5.59. The van der Waals surface area contributed by atoms with Gasteiger partial charge < -0.3 is 5.73 Å². The second kappa shape index (κ2) is 2.19. The number of nitrogens with two attached hydrogens (primary N) is 1. The average Bonchev–Trinajstić information content (AvgIpc) is 1.80. The average molecular weight is 145 g/mol. The minimum absolute atomic E-state index is 0.398. The molecular weight excluding hydrogens is 138 g/mol. The van der Waals surface area contributed by atoms with Crippen LogP contribution in [0.3, 0.4) is 0 Å². The van der Waals surface area contributed by atoms with Gasteiger partial charge in [-0.15, -0.1) is 0 Å². The molecule has 1 aromatic rings. The third-order valence-corrected chi connectivity index (χ3v) is 1.33. The second-order valence-corrected chi connectivity index (χ2v) is 2.07. The first kappa shape index (κ1) is 6.29. The summed E-state index contributed by atoms with van der Waals surface area (Å²) in [6.07, 6.45) is 1.75. The molecule has 0 amide bonds. The molecule has 0 fully saturated rings. The van der Waals surface area contributed by atoms with Gasteiger partial charge in [-0.3, -0.25) is 0 Å². The van der Waals surface area contributed by atoms with Gasteiger partial charge in [0.05, 0.1) is 13.2 Å². The van der Waals surface area contributed by atoms with Gasteiger partial charge in [0.2, 0.25) is 5.82 Å². The van der Waals surface area contributed by atoms with E-state index in [9.17, 15) is 0 Å². The highest BCUT2D eigenvalue weighted by molar-refractivity contribution is 6.27. The van der Waals surface area contributed by atoms with Crippen LogP contribution in [0.5, 0.6) is 0 Å². The van der Waals surface area contributed by atoms with E-state index in [1.807, 2.05) is 0 Å². The molecular formula is C5H7ClN3+. The quantitative estimate of drug-likeness (QED) is 0.416. The summed E-state index contributed by atoms with van der Waals surface area (Å²) in [4.78, 5) is 3.78. The Labute approximate surface area is 58.1 Å². The van der Waals surface area contributed by atoms with E-state index in [1.54, 1.807) is 23.9 Å². The first-order chi connectivity index (χ1) is 4.20. The van der Waals surface area contributed by atoms with Crippen LogP contribution in [-0.2, 0) is 7.05 Å². The van der Waals surface area contributed by atoms with Crippen LogP contribution in [0.25, 0.3) is 0 Å². The van der Waals surface area contributed by atoms with E-state index in [0.29, 0.717) is 11.1 Å². The van der Waals surface area contributed by atoms with E-state index >= 15 is 0 Å². The molecule has 0 spiro atoms. The van der Waals surface area contributed by atoms with Gasteiger partial charge in [0.15, 0.2) is 0 Å². The zero-order valence-electron chi connectivity index (χ0n) is 5.00. The van der Waals surface area contributed by atoms with Crippen molar-refractivity contribution in [3.63, 3.8) is 0 Å². The van der Waals surface area contributed by atoms with Crippen LogP contribution in [-0.4, -0.2) is 4.98 Å². The van der Waals surface area contributed by atoms with Gasteiger partial charge in [-0.1, -0.05) is 0 Å². The molecule has 0 atom stereocenters. The highest BCUT2D eigenvalue weighted by Gasteiger charge is 2.03. The van der Waals surface area contributed by atoms with E-state index in [2.05, 4.69) is 4.98 Å². The molecule has 0 aliphatic heterocycles. The Kier molecular flexibility index (Phi) is 1.53. The van der Waals surface area contributed by atoms with Crippen molar-refractivity contribution >= 4 is 17.4 Å². The molecule has 48 valence electrons. The summed E-state index contributed by atoms with van der Waals surface area (Å²) in [5.41, 5.74) is 5.32. The molecule has 1 rings (SSSR count). The molecule has 4 heteroatoms. The molecule has 0 aliphatic carbocycles. The van der Waals surface area contributed by atoms with Gasteiger partial charge in [0.25, 0.3) is 0 Å². The zero-order chi connectivity index (χ0) is 6.85. The normalized spacial score (nSPS) is 9.56. The SMILES string of the molecule is C[n+]1ccc(N)nc1Cl. The van der Waals surface area contributed by atoms with Crippen LogP contribution in [0.2, 0.25) is 5.28 Å². The molecule has 0 saturated heterocycles. The highest BCUT2D eigenvalue weighted by Crippen LogP contribution is 1.97. The first-order valence-corrected chi connectivity index (χ1v) is 2.85.